The second-order valence-electron chi connectivity index (χ2n) is 9.09. The number of nitrogens with one attached hydrogen (secondary N) is 1. The van der Waals surface area contributed by atoms with E-state index in [1.165, 1.54) is 4.90 Å². The molecule has 1 saturated carbocycles. The Morgan fingerprint density at radius 3 is 2.45 bits per heavy atom. The van der Waals surface area contributed by atoms with E-state index in [-0.39, 0.29) is 18.9 Å². The zero-order valence-corrected chi connectivity index (χ0v) is 16.8. The predicted octanol–water partition coefficient (Wildman–Crippen LogP) is 5.69. The van der Waals surface area contributed by atoms with Crippen LogP contribution in [-0.4, -0.2) is 32.7 Å². The maximum absolute atomic E-state index is 13.6. The Bertz CT molecular complexity index is 907. The lowest BCUT2D eigenvalue weighted by atomic mass is 9.61. The third kappa shape index (κ3) is 4.04. The number of H-pyrrole nitrogens is 1. The van der Waals surface area contributed by atoms with Gasteiger partial charge in [-0.2, -0.15) is 5.10 Å². The van der Waals surface area contributed by atoms with Gasteiger partial charge in [-0.25, -0.2) is 13.6 Å². The molecule has 1 amide bonds. The first-order valence-electron chi connectivity index (χ1n) is 9.74. The highest BCUT2D eigenvalue weighted by Gasteiger charge is 2.57. The number of rotatable bonds is 2. The molecule has 1 atom stereocenters. The number of carbonyl (C=O) groups is 1. The first-order chi connectivity index (χ1) is 13.6. The van der Waals surface area contributed by atoms with Crippen LogP contribution in [0.2, 0.25) is 0 Å². The van der Waals surface area contributed by atoms with Gasteiger partial charge in [0.15, 0.2) is 0 Å². The summed E-state index contributed by atoms with van der Waals surface area (Å²) >= 11 is 0. The van der Waals surface area contributed by atoms with Crippen molar-refractivity contribution < 1.29 is 18.3 Å². The zero-order chi connectivity index (χ0) is 20.9. The van der Waals surface area contributed by atoms with Crippen LogP contribution in [0.4, 0.5) is 13.6 Å². The lowest BCUT2D eigenvalue weighted by Crippen LogP contribution is -2.50. The summed E-state index contributed by atoms with van der Waals surface area (Å²) in [5.74, 6) is -2.63. The molecule has 4 rings (SSSR count). The molecule has 1 aliphatic carbocycles. The molecule has 2 heterocycles. The summed E-state index contributed by atoms with van der Waals surface area (Å²) < 4.78 is 32.8. The predicted molar refractivity (Wildman–Crippen MR) is 105 cm³/mol. The van der Waals surface area contributed by atoms with E-state index in [1.807, 2.05) is 30.3 Å². The molecule has 1 aliphatic heterocycles. The quantitative estimate of drug-likeness (QED) is 0.703. The average molecular weight is 401 g/mol. The van der Waals surface area contributed by atoms with Crippen molar-refractivity contribution in [2.45, 2.75) is 57.6 Å². The largest absolute Gasteiger partial charge is 0.443 e. The fraction of sp³-hybridized carbons (Fsp3) is 0.455. The number of hydrogen-bond acceptors (Lipinski definition) is 3. The number of allylic oxidation sites excluding steroid dienone is 1. The van der Waals surface area contributed by atoms with Crippen LogP contribution < -0.4 is 0 Å². The summed E-state index contributed by atoms with van der Waals surface area (Å²) in [6.45, 7) is 5.42. The monoisotopic (exact) mass is 401 g/mol. The van der Waals surface area contributed by atoms with Gasteiger partial charge in [0.1, 0.15) is 5.60 Å². The fourth-order valence-corrected chi connectivity index (χ4v) is 4.22. The molecule has 29 heavy (non-hydrogen) atoms. The van der Waals surface area contributed by atoms with Crippen LogP contribution in [0.1, 0.15) is 51.6 Å². The van der Waals surface area contributed by atoms with Crippen molar-refractivity contribution in [2.75, 3.05) is 0 Å². The Labute approximate surface area is 168 Å². The Kier molecular flexibility index (Phi) is 4.52. The van der Waals surface area contributed by atoms with Gasteiger partial charge in [0.2, 0.25) is 5.92 Å². The van der Waals surface area contributed by atoms with Gasteiger partial charge in [-0.3, -0.25) is 10.00 Å². The third-order valence-electron chi connectivity index (χ3n) is 5.46. The number of hydrogen-bond donors (Lipinski definition) is 1. The van der Waals surface area contributed by atoms with Crippen LogP contribution in [0.3, 0.4) is 0 Å². The number of nitrogens with zero attached hydrogens (tertiary/aromatic N) is 2. The van der Waals surface area contributed by atoms with E-state index >= 15 is 0 Å². The van der Waals surface area contributed by atoms with Gasteiger partial charge in [0.05, 0.1) is 11.7 Å². The van der Waals surface area contributed by atoms with E-state index in [4.69, 9.17) is 4.74 Å². The molecule has 154 valence electrons. The standard InChI is InChI=1S/C22H25F2N3O2/c1-20(2,3)29-19(28)27-11-9-21(13-22(23,24)14-21)12-18(27)16-6-4-15(5-7-16)17-8-10-25-26-17/h4-11,18H,12-14H2,1-3H3,(H,25,26). The minimum Gasteiger partial charge on any atom is -0.443 e. The summed E-state index contributed by atoms with van der Waals surface area (Å²) in [4.78, 5) is 14.3. The summed E-state index contributed by atoms with van der Waals surface area (Å²) in [5.41, 5.74) is 1.52. The molecule has 2 aliphatic rings. The van der Waals surface area contributed by atoms with Gasteiger partial charge >= 0.3 is 6.09 Å². The van der Waals surface area contributed by atoms with Crippen molar-refractivity contribution in [3.8, 4) is 11.3 Å². The van der Waals surface area contributed by atoms with Crippen molar-refractivity contribution in [1.29, 1.82) is 0 Å². The molecule has 1 fully saturated rings. The number of aromatic nitrogens is 2. The molecule has 1 spiro atoms. The first-order valence-corrected chi connectivity index (χ1v) is 9.74. The number of aromatic amines is 1. The van der Waals surface area contributed by atoms with E-state index in [1.54, 1.807) is 39.2 Å². The molecular formula is C22H25F2N3O2. The second kappa shape index (κ2) is 6.68. The summed E-state index contributed by atoms with van der Waals surface area (Å²) in [7, 11) is 0. The highest BCUT2D eigenvalue weighted by atomic mass is 19.3. The highest BCUT2D eigenvalue weighted by Crippen LogP contribution is 2.59. The van der Waals surface area contributed by atoms with Gasteiger partial charge in [-0.15, -0.1) is 0 Å². The Hall–Kier alpha value is -2.70. The van der Waals surface area contributed by atoms with Gasteiger partial charge in [-0.1, -0.05) is 30.3 Å². The van der Waals surface area contributed by atoms with Crippen LogP contribution in [0.15, 0.2) is 48.8 Å². The van der Waals surface area contributed by atoms with Crippen molar-refractivity contribution in [2.24, 2.45) is 5.41 Å². The Morgan fingerprint density at radius 2 is 1.90 bits per heavy atom. The van der Waals surface area contributed by atoms with Crippen LogP contribution in [0, 0.1) is 5.41 Å². The van der Waals surface area contributed by atoms with E-state index < -0.39 is 23.0 Å². The van der Waals surface area contributed by atoms with Crippen molar-refractivity contribution in [3.63, 3.8) is 0 Å². The zero-order valence-electron chi connectivity index (χ0n) is 16.8. The third-order valence-corrected chi connectivity index (χ3v) is 5.46. The van der Waals surface area contributed by atoms with E-state index in [0.717, 1.165) is 16.8 Å². The molecule has 0 saturated heterocycles. The summed E-state index contributed by atoms with van der Waals surface area (Å²) in [5, 5.41) is 6.87. The molecule has 7 heteroatoms. The molecule has 0 bridgehead atoms. The normalized spacial score (nSPS) is 22.4. The molecule has 1 unspecified atom stereocenters. The number of amides is 1. The number of ether oxygens (including phenoxy) is 1. The van der Waals surface area contributed by atoms with E-state index in [0.29, 0.717) is 6.42 Å². The van der Waals surface area contributed by atoms with Crippen molar-refractivity contribution in [3.05, 3.63) is 54.4 Å². The molecular weight excluding hydrogens is 376 g/mol. The molecule has 5 nitrogen and oxygen atoms in total. The lowest BCUT2D eigenvalue weighted by molar-refractivity contribution is -0.151. The Balaban J connectivity index is 1.63. The van der Waals surface area contributed by atoms with Crippen molar-refractivity contribution in [1.82, 2.24) is 15.1 Å². The summed E-state index contributed by atoms with van der Waals surface area (Å²) in [6.07, 6.45) is 4.67. The van der Waals surface area contributed by atoms with Gasteiger partial charge < -0.3 is 4.74 Å². The second-order valence-corrected chi connectivity index (χ2v) is 9.09. The van der Waals surface area contributed by atoms with Crippen LogP contribution in [-0.2, 0) is 4.74 Å². The van der Waals surface area contributed by atoms with Crippen LogP contribution in [0.25, 0.3) is 11.3 Å². The first kappa shape index (κ1) is 19.6. The van der Waals surface area contributed by atoms with Gasteiger partial charge in [0.25, 0.3) is 0 Å². The molecule has 1 aromatic carbocycles. The fourth-order valence-electron chi connectivity index (χ4n) is 4.22. The molecule has 1 N–H and O–H groups in total. The smallest absolute Gasteiger partial charge is 0.414 e. The highest BCUT2D eigenvalue weighted by molar-refractivity contribution is 5.71. The number of carbonyl (C=O) groups excluding carboxylic acids is 1. The molecule has 0 radical (unpaired) electrons. The lowest BCUT2D eigenvalue weighted by Gasteiger charge is -2.51. The topological polar surface area (TPSA) is 58.2 Å². The maximum atomic E-state index is 13.6. The van der Waals surface area contributed by atoms with Crippen LogP contribution in [0.5, 0.6) is 0 Å². The number of benzene rings is 1. The Morgan fingerprint density at radius 1 is 1.21 bits per heavy atom. The maximum Gasteiger partial charge on any atom is 0.414 e. The summed E-state index contributed by atoms with van der Waals surface area (Å²) in [6, 6.07) is 9.26. The van der Waals surface area contributed by atoms with Gasteiger partial charge in [-0.05, 0) is 44.4 Å². The minimum absolute atomic E-state index is 0.179. The van der Waals surface area contributed by atoms with E-state index in [9.17, 15) is 13.6 Å². The number of alkyl halides is 2. The molecule has 2 aromatic rings. The number of halogens is 2. The van der Waals surface area contributed by atoms with Crippen LogP contribution >= 0.6 is 0 Å². The van der Waals surface area contributed by atoms with E-state index in [2.05, 4.69) is 10.2 Å². The minimum atomic E-state index is -2.63. The van der Waals surface area contributed by atoms with Crippen molar-refractivity contribution >= 4 is 6.09 Å². The average Bonchev–Trinajstić information content (AvgIpc) is 3.13. The molecule has 1 aromatic heterocycles. The SMILES string of the molecule is CC(C)(C)OC(=O)N1C=CC2(CC1c1ccc(-c3ccn[nH]3)cc1)CC(F)(F)C2. The van der Waals surface area contributed by atoms with Gasteiger partial charge in [0, 0.05) is 30.7 Å².